The molecule has 0 saturated carbocycles. The van der Waals surface area contributed by atoms with E-state index >= 15 is 0 Å². The zero-order chi connectivity index (χ0) is 20.5. The Balaban J connectivity index is 1.62. The van der Waals surface area contributed by atoms with Crippen molar-refractivity contribution in [2.75, 3.05) is 18.4 Å². The third kappa shape index (κ3) is 4.68. The van der Waals surface area contributed by atoms with Gasteiger partial charge >= 0.3 is 6.09 Å². The summed E-state index contributed by atoms with van der Waals surface area (Å²) in [6, 6.07) is 6.03. The molecule has 1 saturated heterocycles. The maximum Gasteiger partial charge on any atom is 0.410 e. The minimum atomic E-state index is -0.577. The van der Waals surface area contributed by atoms with E-state index in [1.54, 1.807) is 34.8 Å². The minimum Gasteiger partial charge on any atom is -0.444 e. The second kappa shape index (κ2) is 7.61. The minimum absolute atomic E-state index is 0.00567. The highest BCUT2D eigenvalue weighted by Crippen LogP contribution is 2.24. The van der Waals surface area contributed by atoms with Crippen molar-refractivity contribution in [2.45, 2.75) is 45.8 Å². The SMILES string of the molecule is Cc1ccc(F)c(C(=O)Nc2ccn([C@H]3CCN(C(=O)OC(C)(C)C)C3)n2)c1. The fourth-order valence-corrected chi connectivity index (χ4v) is 3.05. The van der Waals surface area contributed by atoms with E-state index in [9.17, 15) is 14.0 Å². The first-order valence-corrected chi connectivity index (χ1v) is 9.23. The van der Waals surface area contributed by atoms with Crippen LogP contribution >= 0.6 is 0 Å². The Bertz CT molecular complexity index is 888. The van der Waals surface area contributed by atoms with Gasteiger partial charge in [0.2, 0.25) is 0 Å². The lowest BCUT2D eigenvalue weighted by atomic mass is 10.1. The van der Waals surface area contributed by atoms with Crippen molar-refractivity contribution in [3.63, 3.8) is 0 Å². The third-order valence-corrected chi connectivity index (χ3v) is 4.41. The standard InChI is InChI=1S/C20H25FN4O3/c1-13-5-6-16(21)15(11-13)18(26)22-17-8-10-25(23-17)14-7-9-24(12-14)19(27)28-20(2,3)4/h5-6,8,10-11,14H,7,9,12H2,1-4H3,(H,22,23,26)/t14-/m0/s1. The molecular weight excluding hydrogens is 363 g/mol. The molecule has 1 N–H and O–H groups in total. The van der Waals surface area contributed by atoms with E-state index in [0.717, 1.165) is 12.0 Å². The molecule has 1 aromatic heterocycles. The van der Waals surface area contributed by atoms with Gasteiger partial charge in [0.1, 0.15) is 11.4 Å². The quantitative estimate of drug-likeness (QED) is 0.868. The molecule has 0 unspecified atom stereocenters. The number of nitrogens with one attached hydrogen (secondary N) is 1. The van der Waals surface area contributed by atoms with E-state index in [-0.39, 0.29) is 17.7 Å². The van der Waals surface area contributed by atoms with Crippen LogP contribution in [0.4, 0.5) is 15.0 Å². The number of rotatable bonds is 3. The first kappa shape index (κ1) is 19.9. The topological polar surface area (TPSA) is 76.5 Å². The summed E-state index contributed by atoms with van der Waals surface area (Å²) in [5.74, 6) is -0.791. The van der Waals surface area contributed by atoms with Crippen LogP contribution in [0.5, 0.6) is 0 Å². The molecule has 0 aliphatic carbocycles. The van der Waals surface area contributed by atoms with E-state index in [1.165, 1.54) is 12.1 Å². The molecule has 2 heterocycles. The van der Waals surface area contributed by atoms with Gasteiger partial charge in [0.25, 0.3) is 5.91 Å². The van der Waals surface area contributed by atoms with Gasteiger partial charge in [-0.15, -0.1) is 0 Å². The molecule has 0 radical (unpaired) electrons. The van der Waals surface area contributed by atoms with Crippen LogP contribution in [0.1, 0.15) is 49.2 Å². The van der Waals surface area contributed by atoms with Crippen molar-refractivity contribution < 1.29 is 18.7 Å². The fraction of sp³-hybridized carbons (Fsp3) is 0.450. The Hall–Kier alpha value is -2.90. The van der Waals surface area contributed by atoms with Gasteiger partial charge in [0.05, 0.1) is 11.6 Å². The number of hydrogen-bond acceptors (Lipinski definition) is 4. The van der Waals surface area contributed by atoms with Gasteiger partial charge < -0.3 is 15.0 Å². The van der Waals surface area contributed by atoms with E-state index in [1.807, 2.05) is 20.8 Å². The first-order valence-electron chi connectivity index (χ1n) is 9.23. The number of carbonyl (C=O) groups is 2. The number of aromatic nitrogens is 2. The molecule has 28 heavy (non-hydrogen) atoms. The Morgan fingerprint density at radius 1 is 1.29 bits per heavy atom. The predicted octanol–water partition coefficient (Wildman–Crippen LogP) is 3.76. The number of nitrogens with zero attached hydrogens (tertiary/aromatic N) is 3. The van der Waals surface area contributed by atoms with Crippen molar-refractivity contribution in [2.24, 2.45) is 0 Å². The van der Waals surface area contributed by atoms with Crippen LogP contribution in [-0.4, -0.2) is 45.4 Å². The van der Waals surface area contributed by atoms with Crippen LogP contribution in [0.2, 0.25) is 0 Å². The van der Waals surface area contributed by atoms with E-state index in [0.29, 0.717) is 18.9 Å². The number of amides is 2. The van der Waals surface area contributed by atoms with Gasteiger partial charge in [-0.05, 0) is 46.2 Å². The lowest BCUT2D eigenvalue weighted by molar-refractivity contribution is 0.0288. The van der Waals surface area contributed by atoms with E-state index in [4.69, 9.17) is 4.74 Å². The summed E-state index contributed by atoms with van der Waals surface area (Å²) in [5.41, 5.74) is 0.236. The molecule has 1 aliphatic heterocycles. The molecule has 7 nitrogen and oxygen atoms in total. The van der Waals surface area contributed by atoms with Gasteiger partial charge in [-0.25, -0.2) is 9.18 Å². The van der Waals surface area contributed by atoms with E-state index < -0.39 is 17.3 Å². The van der Waals surface area contributed by atoms with Gasteiger partial charge in [-0.2, -0.15) is 5.10 Å². The predicted molar refractivity (Wildman–Crippen MR) is 103 cm³/mol. The van der Waals surface area contributed by atoms with Crippen LogP contribution in [0.25, 0.3) is 0 Å². The zero-order valence-electron chi connectivity index (χ0n) is 16.5. The maximum atomic E-state index is 13.9. The molecule has 150 valence electrons. The Morgan fingerprint density at radius 2 is 2.04 bits per heavy atom. The van der Waals surface area contributed by atoms with Crippen molar-refractivity contribution in [3.05, 3.63) is 47.4 Å². The highest BCUT2D eigenvalue weighted by Gasteiger charge is 2.31. The number of carbonyl (C=O) groups excluding carboxylic acids is 2. The smallest absolute Gasteiger partial charge is 0.410 e. The highest BCUT2D eigenvalue weighted by molar-refractivity contribution is 6.04. The normalized spacial score (nSPS) is 16.9. The third-order valence-electron chi connectivity index (χ3n) is 4.41. The summed E-state index contributed by atoms with van der Waals surface area (Å²) < 4.78 is 21.0. The number of ether oxygens (including phenoxy) is 1. The second-order valence-electron chi connectivity index (χ2n) is 7.99. The molecule has 3 rings (SSSR count). The lowest BCUT2D eigenvalue weighted by Gasteiger charge is -2.24. The number of likely N-dealkylation sites (tertiary alicyclic amines) is 1. The van der Waals surface area contributed by atoms with Gasteiger partial charge in [-0.1, -0.05) is 11.6 Å². The average Bonchev–Trinajstić information content (AvgIpc) is 3.24. The molecule has 0 spiro atoms. The summed E-state index contributed by atoms with van der Waals surface area (Å²) in [4.78, 5) is 26.2. The average molecular weight is 388 g/mol. The summed E-state index contributed by atoms with van der Waals surface area (Å²) >= 11 is 0. The summed E-state index contributed by atoms with van der Waals surface area (Å²) in [5, 5.41) is 6.98. The van der Waals surface area contributed by atoms with E-state index in [2.05, 4.69) is 10.4 Å². The van der Waals surface area contributed by atoms with Crippen LogP contribution in [0.3, 0.4) is 0 Å². The van der Waals surface area contributed by atoms with Crippen molar-refractivity contribution >= 4 is 17.8 Å². The monoisotopic (exact) mass is 388 g/mol. The number of benzene rings is 1. The molecule has 8 heteroatoms. The Kier molecular flexibility index (Phi) is 5.40. The molecule has 0 bridgehead atoms. The first-order chi connectivity index (χ1) is 13.1. The summed E-state index contributed by atoms with van der Waals surface area (Å²) in [6.07, 6.45) is 2.14. The van der Waals surface area contributed by atoms with Gasteiger partial charge in [-0.3, -0.25) is 9.48 Å². The molecule has 1 aliphatic rings. The zero-order valence-corrected chi connectivity index (χ0v) is 16.5. The number of anilines is 1. The van der Waals surface area contributed by atoms with Crippen LogP contribution in [-0.2, 0) is 4.74 Å². The number of aryl methyl sites for hydroxylation is 1. The van der Waals surface area contributed by atoms with Crippen molar-refractivity contribution in [1.29, 1.82) is 0 Å². The van der Waals surface area contributed by atoms with Crippen molar-refractivity contribution in [1.82, 2.24) is 14.7 Å². The van der Waals surface area contributed by atoms with Crippen molar-refractivity contribution in [3.8, 4) is 0 Å². The number of halogens is 1. The molecule has 2 amide bonds. The van der Waals surface area contributed by atoms with Crippen LogP contribution < -0.4 is 5.32 Å². The van der Waals surface area contributed by atoms with Gasteiger partial charge in [0.15, 0.2) is 5.82 Å². The maximum absolute atomic E-state index is 13.9. The van der Waals surface area contributed by atoms with Gasteiger partial charge in [0, 0.05) is 25.4 Å². The number of hydrogen-bond donors (Lipinski definition) is 1. The Morgan fingerprint density at radius 3 is 2.75 bits per heavy atom. The molecule has 1 aromatic carbocycles. The highest BCUT2D eigenvalue weighted by atomic mass is 19.1. The van der Waals surface area contributed by atoms with Crippen LogP contribution in [0, 0.1) is 12.7 Å². The van der Waals surface area contributed by atoms with Crippen LogP contribution in [0.15, 0.2) is 30.5 Å². The molecule has 1 atom stereocenters. The summed E-state index contributed by atoms with van der Waals surface area (Å²) in [7, 11) is 0. The lowest BCUT2D eigenvalue weighted by Crippen LogP contribution is -2.35. The fourth-order valence-electron chi connectivity index (χ4n) is 3.05. The largest absolute Gasteiger partial charge is 0.444 e. The Labute approximate surface area is 163 Å². The summed E-state index contributed by atoms with van der Waals surface area (Å²) in [6.45, 7) is 8.35. The molecule has 2 aromatic rings. The molecule has 1 fully saturated rings. The second-order valence-corrected chi connectivity index (χ2v) is 7.99. The molecular formula is C20H25FN4O3.